The molecule has 1 aliphatic rings. The second kappa shape index (κ2) is 10.5. The lowest BCUT2D eigenvalue weighted by atomic mass is 10.2. The fourth-order valence-corrected chi connectivity index (χ4v) is 2.99. The van der Waals surface area contributed by atoms with Crippen LogP contribution >= 0.6 is 35.6 Å². The summed E-state index contributed by atoms with van der Waals surface area (Å²) in [6, 6.07) is 3.81. The van der Waals surface area contributed by atoms with Crippen molar-refractivity contribution < 1.29 is 9.47 Å². The Morgan fingerprint density at radius 1 is 1.30 bits per heavy atom. The Morgan fingerprint density at radius 3 is 2.89 bits per heavy atom. The average Bonchev–Trinajstić information content (AvgIpc) is 3.12. The molecule has 8 nitrogen and oxygen atoms in total. The standard InChI is InChI=1S/C17H23ClN6O2.HI/c1-3-15-23-22-11-24(15)5-4-20-17(19-2)21-10-12-8-13(18)16-14(9-12)25-6-7-26-16;/h8-9,11H,3-7,10H2,1-2H3,(H2,19,20,21);1H. The van der Waals surface area contributed by atoms with Crippen LogP contribution in [0.4, 0.5) is 0 Å². The zero-order chi connectivity index (χ0) is 18.4. The van der Waals surface area contributed by atoms with Crippen LogP contribution in [0.15, 0.2) is 23.5 Å². The van der Waals surface area contributed by atoms with Crippen molar-refractivity contribution >= 4 is 41.5 Å². The summed E-state index contributed by atoms with van der Waals surface area (Å²) >= 11 is 6.27. The van der Waals surface area contributed by atoms with Crippen molar-refractivity contribution in [2.24, 2.45) is 4.99 Å². The molecular formula is C17H24ClIN6O2. The number of fused-ring (bicyclic) bond motifs is 1. The van der Waals surface area contributed by atoms with E-state index in [1.165, 1.54) is 0 Å². The van der Waals surface area contributed by atoms with E-state index in [-0.39, 0.29) is 24.0 Å². The minimum Gasteiger partial charge on any atom is -0.486 e. The minimum absolute atomic E-state index is 0. The van der Waals surface area contributed by atoms with Crippen LogP contribution in [0.3, 0.4) is 0 Å². The third-order valence-corrected chi connectivity index (χ3v) is 4.28. The number of guanidine groups is 1. The molecule has 2 N–H and O–H groups in total. The number of ether oxygens (including phenoxy) is 2. The Morgan fingerprint density at radius 2 is 2.11 bits per heavy atom. The van der Waals surface area contributed by atoms with Crippen LogP contribution in [0, 0.1) is 0 Å². The monoisotopic (exact) mass is 506 g/mol. The van der Waals surface area contributed by atoms with Gasteiger partial charge in [-0.3, -0.25) is 4.99 Å². The Kier molecular flexibility index (Phi) is 8.42. The molecule has 0 amide bonds. The number of nitrogens with one attached hydrogen (secondary N) is 2. The zero-order valence-electron chi connectivity index (χ0n) is 15.4. The number of hydrogen-bond acceptors (Lipinski definition) is 5. The maximum absolute atomic E-state index is 6.27. The highest BCUT2D eigenvalue weighted by Crippen LogP contribution is 2.38. The molecule has 0 saturated carbocycles. The number of aromatic nitrogens is 3. The summed E-state index contributed by atoms with van der Waals surface area (Å²) in [7, 11) is 1.74. The second-order valence-electron chi connectivity index (χ2n) is 5.75. The number of halogens is 2. The van der Waals surface area contributed by atoms with Crippen LogP contribution in [0.2, 0.25) is 5.02 Å². The summed E-state index contributed by atoms with van der Waals surface area (Å²) < 4.78 is 13.2. The van der Waals surface area contributed by atoms with Gasteiger partial charge in [-0.2, -0.15) is 0 Å². The molecule has 148 valence electrons. The van der Waals surface area contributed by atoms with Crippen LogP contribution in [0.25, 0.3) is 0 Å². The van der Waals surface area contributed by atoms with Crippen LogP contribution in [0.5, 0.6) is 11.5 Å². The second-order valence-corrected chi connectivity index (χ2v) is 6.16. The number of aliphatic imine (C=N–C) groups is 1. The molecule has 10 heteroatoms. The quantitative estimate of drug-likeness (QED) is 0.355. The SMILES string of the molecule is CCc1nncn1CCNC(=NC)NCc1cc(Cl)c2c(c1)OCCO2.I. The molecule has 0 saturated heterocycles. The summed E-state index contributed by atoms with van der Waals surface area (Å²) in [5.41, 5.74) is 0.995. The number of nitrogens with zero attached hydrogens (tertiary/aromatic N) is 4. The van der Waals surface area contributed by atoms with Gasteiger partial charge in [0.2, 0.25) is 0 Å². The minimum atomic E-state index is 0. The number of rotatable bonds is 6. The van der Waals surface area contributed by atoms with E-state index in [4.69, 9.17) is 21.1 Å². The van der Waals surface area contributed by atoms with Crippen molar-refractivity contribution in [3.63, 3.8) is 0 Å². The molecule has 27 heavy (non-hydrogen) atoms. The summed E-state index contributed by atoms with van der Waals surface area (Å²) in [5.74, 6) is 2.98. The molecule has 0 fully saturated rings. The molecule has 0 bridgehead atoms. The highest BCUT2D eigenvalue weighted by Gasteiger charge is 2.16. The molecule has 1 aliphatic heterocycles. The van der Waals surface area contributed by atoms with Gasteiger partial charge in [0.15, 0.2) is 17.5 Å². The fraction of sp³-hybridized carbons (Fsp3) is 0.471. The van der Waals surface area contributed by atoms with E-state index in [0.29, 0.717) is 48.8 Å². The molecule has 3 rings (SSSR count). The van der Waals surface area contributed by atoms with Crippen molar-refractivity contribution in [2.75, 3.05) is 26.8 Å². The van der Waals surface area contributed by atoms with E-state index < -0.39 is 0 Å². The smallest absolute Gasteiger partial charge is 0.191 e. The number of benzene rings is 1. The summed E-state index contributed by atoms with van der Waals surface area (Å²) in [5, 5.41) is 15.1. The Labute approximate surface area is 180 Å². The van der Waals surface area contributed by atoms with Crippen molar-refractivity contribution in [1.29, 1.82) is 0 Å². The van der Waals surface area contributed by atoms with E-state index in [1.54, 1.807) is 13.4 Å². The summed E-state index contributed by atoms with van der Waals surface area (Å²) in [6.07, 6.45) is 2.60. The Hall–Kier alpha value is -1.75. The van der Waals surface area contributed by atoms with Gasteiger partial charge in [-0.1, -0.05) is 18.5 Å². The first-order chi connectivity index (χ1) is 12.7. The fourth-order valence-electron chi connectivity index (χ4n) is 2.71. The van der Waals surface area contributed by atoms with Crippen LogP contribution in [-0.4, -0.2) is 47.5 Å². The van der Waals surface area contributed by atoms with Gasteiger partial charge in [0, 0.05) is 33.1 Å². The van der Waals surface area contributed by atoms with E-state index in [2.05, 4.69) is 32.7 Å². The summed E-state index contributed by atoms with van der Waals surface area (Å²) in [6.45, 7) is 5.18. The van der Waals surface area contributed by atoms with E-state index in [9.17, 15) is 0 Å². The third kappa shape index (κ3) is 5.61. The Bertz CT molecular complexity index is 783. The zero-order valence-corrected chi connectivity index (χ0v) is 18.5. The molecule has 2 heterocycles. The first-order valence-electron chi connectivity index (χ1n) is 8.60. The molecular weight excluding hydrogens is 483 g/mol. The first kappa shape index (κ1) is 21.5. The molecule has 0 unspecified atom stereocenters. The number of hydrogen-bond donors (Lipinski definition) is 2. The van der Waals surface area contributed by atoms with Gasteiger partial charge < -0.3 is 24.7 Å². The lowest BCUT2D eigenvalue weighted by molar-refractivity contribution is 0.171. The van der Waals surface area contributed by atoms with Crippen LogP contribution in [0.1, 0.15) is 18.3 Å². The summed E-state index contributed by atoms with van der Waals surface area (Å²) in [4.78, 5) is 4.24. The molecule has 1 aromatic heterocycles. The maximum Gasteiger partial charge on any atom is 0.191 e. The van der Waals surface area contributed by atoms with Crippen molar-refractivity contribution in [1.82, 2.24) is 25.4 Å². The van der Waals surface area contributed by atoms with E-state index in [1.807, 2.05) is 16.7 Å². The van der Waals surface area contributed by atoms with Crippen molar-refractivity contribution in [3.05, 3.63) is 34.9 Å². The predicted octanol–water partition coefficient (Wildman–Crippen LogP) is 2.25. The largest absolute Gasteiger partial charge is 0.486 e. The van der Waals surface area contributed by atoms with Gasteiger partial charge in [-0.15, -0.1) is 34.2 Å². The maximum atomic E-state index is 6.27. The normalized spacial score (nSPS) is 13.1. The van der Waals surface area contributed by atoms with Gasteiger partial charge in [-0.25, -0.2) is 0 Å². The highest BCUT2D eigenvalue weighted by atomic mass is 127. The van der Waals surface area contributed by atoms with Gasteiger partial charge >= 0.3 is 0 Å². The molecule has 0 aliphatic carbocycles. The first-order valence-corrected chi connectivity index (χ1v) is 8.98. The third-order valence-electron chi connectivity index (χ3n) is 4.00. The van der Waals surface area contributed by atoms with Gasteiger partial charge in [0.1, 0.15) is 25.4 Å². The number of aryl methyl sites for hydroxylation is 1. The average molecular weight is 507 g/mol. The van der Waals surface area contributed by atoms with Gasteiger partial charge in [0.25, 0.3) is 0 Å². The van der Waals surface area contributed by atoms with Crippen molar-refractivity contribution in [3.8, 4) is 11.5 Å². The lowest BCUT2D eigenvalue weighted by Gasteiger charge is -2.20. The highest BCUT2D eigenvalue weighted by molar-refractivity contribution is 14.0. The molecule has 0 radical (unpaired) electrons. The van der Waals surface area contributed by atoms with Gasteiger partial charge in [-0.05, 0) is 17.7 Å². The molecule has 0 atom stereocenters. The lowest BCUT2D eigenvalue weighted by Crippen LogP contribution is -2.38. The van der Waals surface area contributed by atoms with E-state index in [0.717, 1.165) is 24.4 Å². The van der Waals surface area contributed by atoms with E-state index >= 15 is 0 Å². The molecule has 2 aromatic rings. The van der Waals surface area contributed by atoms with Crippen LogP contribution < -0.4 is 20.1 Å². The van der Waals surface area contributed by atoms with Gasteiger partial charge in [0.05, 0.1) is 5.02 Å². The topological polar surface area (TPSA) is 85.6 Å². The van der Waals surface area contributed by atoms with Crippen molar-refractivity contribution in [2.45, 2.75) is 26.4 Å². The molecule has 0 spiro atoms. The van der Waals surface area contributed by atoms with Crippen LogP contribution in [-0.2, 0) is 19.5 Å². The molecule has 1 aromatic carbocycles. The predicted molar refractivity (Wildman–Crippen MR) is 115 cm³/mol. The Balaban J connectivity index is 0.00000261.